The summed E-state index contributed by atoms with van der Waals surface area (Å²) in [4.78, 5) is 4.58. The van der Waals surface area contributed by atoms with Crippen LogP contribution in [0.4, 0.5) is 34.1 Å². The van der Waals surface area contributed by atoms with Gasteiger partial charge in [0.1, 0.15) is 0 Å². The van der Waals surface area contributed by atoms with Gasteiger partial charge in [-0.25, -0.2) is 0 Å². The van der Waals surface area contributed by atoms with Crippen molar-refractivity contribution in [1.82, 2.24) is 0 Å². The van der Waals surface area contributed by atoms with Gasteiger partial charge in [0, 0.05) is 34.1 Å². The first-order valence-corrected chi connectivity index (χ1v) is 20.4. The first kappa shape index (κ1) is 37.6. The second-order valence-electron chi connectivity index (χ2n) is 14.6. The molecule has 0 heterocycles. The molecule has 0 amide bonds. The number of hydrogen-bond donors (Lipinski definition) is 0. The van der Waals surface area contributed by atoms with E-state index >= 15 is 0 Å². The molecule has 0 aliphatic heterocycles. The van der Waals surface area contributed by atoms with Crippen LogP contribution in [-0.2, 0) is 0 Å². The molecule has 9 aromatic rings. The zero-order valence-corrected chi connectivity index (χ0v) is 33.3. The average molecular weight is 769 g/mol. The molecule has 0 bridgehead atoms. The van der Waals surface area contributed by atoms with E-state index < -0.39 is 0 Å². The molecule has 0 atom stereocenters. The Morgan fingerprint density at radius 1 is 0.217 bits per heavy atom. The van der Waals surface area contributed by atoms with Crippen LogP contribution in [0.2, 0.25) is 0 Å². The summed E-state index contributed by atoms with van der Waals surface area (Å²) in [6.07, 6.45) is 4.60. The van der Waals surface area contributed by atoms with Gasteiger partial charge < -0.3 is 9.80 Å². The quantitative estimate of drug-likeness (QED) is 0.114. The van der Waals surface area contributed by atoms with Gasteiger partial charge in [-0.2, -0.15) is 0 Å². The maximum atomic E-state index is 2.30. The summed E-state index contributed by atoms with van der Waals surface area (Å²) in [5.74, 6) is 0. The molecular formula is C58H44N2. The molecule has 0 saturated carbocycles. The maximum absolute atomic E-state index is 2.30. The van der Waals surface area contributed by atoms with Crippen LogP contribution < -0.4 is 9.80 Å². The molecule has 0 aliphatic rings. The van der Waals surface area contributed by atoms with E-state index in [1.807, 2.05) is 0 Å². The van der Waals surface area contributed by atoms with E-state index in [2.05, 4.69) is 277 Å². The van der Waals surface area contributed by atoms with Crippen LogP contribution in [0.5, 0.6) is 0 Å². The van der Waals surface area contributed by atoms with E-state index in [9.17, 15) is 0 Å². The molecule has 9 aromatic carbocycles. The maximum Gasteiger partial charge on any atom is 0.0462 e. The fourth-order valence-corrected chi connectivity index (χ4v) is 7.71. The van der Waals surface area contributed by atoms with Crippen LogP contribution in [0, 0.1) is 0 Å². The zero-order valence-electron chi connectivity index (χ0n) is 33.3. The van der Waals surface area contributed by atoms with Gasteiger partial charge in [-0.3, -0.25) is 0 Å². The lowest BCUT2D eigenvalue weighted by Crippen LogP contribution is -2.09. The third kappa shape index (κ3) is 8.64. The van der Waals surface area contributed by atoms with Crippen LogP contribution in [-0.4, -0.2) is 0 Å². The summed E-state index contributed by atoms with van der Waals surface area (Å²) in [6, 6.07) is 90.2. The highest BCUT2D eigenvalue weighted by molar-refractivity contribution is 5.95. The minimum absolute atomic E-state index is 1.11. The predicted molar refractivity (Wildman–Crippen MR) is 256 cm³/mol. The topological polar surface area (TPSA) is 6.48 Å². The molecule has 60 heavy (non-hydrogen) atoms. The molecule has 9 rings (SSSR count). The van der Waals surface area contributed by atoms with E-state index in [4.69, 9.17) is 0 Å². The molecule has 0 spiro atoms. The SMILES string of the molecule is C(=C(\c1ccccc1)c1ccc(/C(=C/c2ccc(N(c3ccccc3)c3ccccc3)cc2)c2ccccc2)cc1)/c1ccc(N(c2ccccc2)c2ccccc2)cc1. The Kier molecular flexibility index (Phi) is 11.4. The van der Waals surface area contributed by atoms with Gasteiger partial charge in [-0.15, -0.1) is 0 Å². The summed E-state index contributed by atoms with van der Waals surface area (Å²) in [5.41, 5.74) is 15.9. The Balaban J connectivity index is 1.04. The van der Waals surface area contributed by atoms with Crippen molar-refractivity contribution in [2.24, 2.45) is 0 Å². The van der Waals surface area contributed by atoms with Crippen molar-refractivity contribution >= 4 is 57.4 Å². The van der Waals surface area contributed by atoms with Crippen LogP contribution in [0.3, 0.4) is 0 Å². The monoisotopic (exact) mass is 768 g/mol. The Bertz CT molecular complexity index is 2500. The van der Waals surface area contributed by atoms with Gasteiger partial charge in [0.05, 0.1) is 0 Å². The molecule has 0 fully saturated rings. The van der Waals surface area contributed by atoms with Crippen molar-refractivity contribution in [3.63, 3.8) is 0 Å². The lowest BCUT2D eigenvalue weighted by molar-refractivity contribution is 1.28. The highest BCUT2D eigenvalue weighted by Crippen LogP contribution is 2.37. The van der Waals surface area contributed by atoms with E-state index in [1.165, 1.54) is 22.3 Å². The lowest BCUT2D eigenvalue weighted by atomic mass is 9.91. The third-order valence-corrected chi connectivity index (χ3v) is 10.7. The standard InChI is InChI=1S/C58H44N2/c1-7-19-47(20-8-1)57(43-45-31-39-55(40-32-45)59(51-23-11-3-12-24-51)52-25-13-4-14-26-52)49-35-37-50(38-36-49)58(48-21-9-2-10-22-48)44-46-33-41-56(42-34-46)60(53-27-15-5-16-28-53)54-29-17-6-18-30-54/h1-44H/b57-43-,58-44+. The van der Waals surface area contributed by atoms with Crippen LogP contribution in [0.15, 0.2) is 255 Å². The Morgan fingerprint density at radius 2 is 0.433 bits per heavy atom. The predicted octanol–water partition coefficient (Wildman–Crippen LogP) is 15.8. The molecular weight excluding hydrogens is 725 g/mol. The molecule has 0 unspecified atom stereocenters. The van der Waals surface area contributed by atoms with Crippen molar-refractivity contribution in [2.75, 3.05) is 9.80 Å². The number of rotatable bonds is 12. The van der Waals surface area contributed by atoms with Crippen molar-refractivity contribution < 1.29 is 0 Å². The lowest BCUT2D eigenvalue weighted by Gasteiger charge is -2.25. The number of benzene rings is 9. The van der Waals surface area contributed by atoms with Crippen LogP contribution in [0.25, 0.3) is 23.3 Å². The van der Waals surface area contributed by atoms with Crippen LogP contribution >= 0.6 is 0 Å². The number of anilines is 6. The molecule has 0 radical (unpaired) electrons. The second-order valence-corrected chi connectivity index (χ2v) is 14.6. The molecule has 0 aliphatic carbocycles. The summed E-state index contributed by atoms with van der Waals surface area (Å²) < 4.78 is 0. The number of para-hydroxylation sites is 4. The third-order valence-electron chi connectivity index (χ3n) is 10.7. The van der Waals surface area contributed by atoms with Gasteiger partial charge in [0.25, 0.3) is 0 Å². The minimum atomic E-state index is 1.11. The van der Waals surface area contributed by atoms with Gasteiger partial charge >= 0.3 is 0 Å². The molecule has 0 saturated heterocycles. The van der Waals surface area contributed by atoms with Gasteiger partial charge in [0.15, 0.2) is 0 Å². The zero-order chi connectivity index (χ0) is 40.4. The van der Waals surface area contributed by atoms with Crippen molar-refractivity contribution in [3.8, 4) is 0 Å². The van der Waals surface area contributed by atoms with Crippen molar-refractivity contribution in [3.05, 3.63) is 288 Å². The molecule has 286 valence electrons. The van der Waals surface area contributed by atoms with Gasteiger partial charge in [-0.1, -0.05) is 182 Å². The smallest absolute Gasteiger partial charge is 0.0462 e. The Hall–Kier alpha value is -7.94. The normalized spacial score (nSPS) is 11.5. The summed E-state index contributed by atoms with van der Waals surface area (Å²) >= 11 is 0. The minimum Gasteiger partial charge on any atom is -0.311 e. The average Bonchev–Trinajstić information content (AvgIpc) is 3.33. The fraction of sp³-hybridized carbons (Fsp3) is 0. The Labute approximate surface area is 353 Å². The molecule has 0 aromatic heterocycles. The highest BCUT2D eigenvalue weighted by Gasteiger charge is 2.15. The summed E-state index contributed by atoms with van der Waals surface area (Å²) in [7, 11) is 0. The highest BCUT2D eigenvalue weighted by atomic mass is 15.1. The number of nitrogens with zero attached hydrogens (tertiary/aromatic N) is 2. The fourth-order valence-electron chi connectivity index (χ4n) is 7.71. The van der Waals surface area contributed by atoms with E-state index in [-0.39, 0.29) is 0 Å². The van der Waals surface area contributed by atoms with Crippen molar-refractivity contribution in [1.29, 1.82) is 0 Å². The molecule has 0 N–H and O–H groups in total. The van der Waals surface area contributed by atoms with E-state index in [1.54, 1.807) is 0 Å². The van der Waals surface area contributed by atoms with Gasteiger partial charge in [-0.05, 0) is 129 Å². The summed E-state index contributed by atoms with van der Waals surface area (Å²) in [6.45, 7) is 0. The van der Waals surface area contributed by atoms with E-state index in [0.717, 1.165) is 56.4 Å². The van der Waals surface area contributed by atoms with E-state index in [0.29, 0.717) is 0 Å². The molecule has 2 nitrogen and oxygen atoms in total. The Morgan fingerprint density at radius 3 is 0.700 bits per heavy atom. The number of hydrogen-bond acceptors (Lipinski definition) is 2. The van der Waals surface area contributed by atoms with Gasteiger partial charge in [0.2, 0.25) is 0 Å². The largest absolute Gasteiger partial charge is 0.311 e. The second kappa shape index (κ2) is 18.1. The summed E-state index contributed by atoms with van der Waals surface area (Å²) in [5, 5.41) is 0. The molecule has 2 heteroatoms. The van der Waals surface area contributed by atoms with Crippen molar-refractivity contribution in [2.45, 2.75) is 0 Å². The van der Waals surface area contributed by atoms with Crippen LogP contribution in [0.1, 0.15) is 33.4 Å². The first-order valence-electron chi connectivity index (χ1n) is 20.4. The first-order chi connectivity index (χ1) is 29.8.